The minimum absolute atomic E-state index is 0.533. The van der Waals surface area contributed by atoms with Crippen LogP contribution in [-0.4, -0.2) is 23.6 Å². The molecule has 0 aliphatic rings. The molecule has 0 aliphatic heterocycles. The second-order valence-corrected chi connectivity index (χ2v) is 3.51. The number of carbonyl (C=O) groups excluding carboxylic acids is 2. The van der Waals surface area contributed by atoms with Crippen molar-refractivity contribution in [3.05, 3.63) is 54.2 Å². The Morgan fingerprint density at radius 2 is 1.82 bits per heavy atom. The van der Waals surface area contributed by atoms with Crippen LogP contribution in [0.5, 0.6) is 0 Å². The number of amides is 1. The molecule has 0 fully saturated rings. The molecular formula is C14H15NO2. The van der Waals surface area contributed by atoms with Crippen molar-refractivity contribution in [3.63, 3.8) is 0 Å². The Morgan fingerprint density at radius 3 is 2.41 bits per heavy atom. The zero-order valence-electron chi connectivity index (χ0n) is 9.96. The molecule has 0 aromatic heterocycles. The van der Waals surface area contributed by atoms with Crippen LogP contribution < -0.4 is 0 Å². The Labute approximate surface area is 101 Å². The molecule has 0 saturated carbocycles. The molecule has 3 nitrogen and oxygen atoms in total. The van der Waals surface area contributed by atoms with Crippen LogP contribution in [0.15, 0.2) is 48.7 Å². The molecule has 1 rings (SSSR count). The van der Waals surface area contributed by atoms with E-state index in [2.05, 4.69) is 0 Å². The van der Waals surface area contributed by atoms with Crippen molar-refractivity contribution >= 4 is 17.8 Å². The van der Waals surface area contributed by atoms with Gasteiger partial charge in [0.15, 0.2) is 0 Å². The van der Waals surface area contributed by atoms with Crippen molar-refractivity contribution in [1.29, 1.82) is 0 Å². The lowest BCUT2D eigenvalue weighted by Gasteiger charge is -2.08. The van der Waals surface area contributed by atoms with E-state index in [0.29, 0.717) is 0 Å². The van der Waals surface area contributed by atoms with Crippen molar-refractivity contribution < 1.29 is 9.59 Å². The number of carbonyl (C=O) groups is 2. The first-order chi connectivity index (χ1) is 8.15. The third-order valence-electron chi connectivity index (χ3n) is 2.13. The molecule has 0 aliphatic carbocycles. The summed E-state index contributed by atoms with van der Waals surface area (Å²) in [7, 11) is 1.55. The molecule has 17 heavy (non-hydrogen) atoms. The highest BCUT2D eigenvalue weighted by atomic mass is 16.2. The van der Waals surface area contributed by atoms with E-state index < -0.39 is 11.7 Å². The van der Waals surface area contributed by atoms with Gasteiger partial charge in [-0.25, -0.2) is 0 Å². The number of benzene rings is 1. The van der Waals surface area contributed by atoms with E-state index in [1.54, 1.807) is 32.3 Å². The molecule has 0 N–H and O–H groups in total. The second-order valence-electron chi connectivity index (χ2n) is 3.51. The van der Waals surface area contributed by atoms with Crippen LogP contribution in [0.3, 0.4) is 0 Å². The van der Waals surface area contributed by atoms with Gasteiger partial charge in [-0.15, -0.1) is 0 Å². The van der Waals surface area contributed by atoms with Gasteiger partial charge in [0, 0.05) is 13.2 Å². The fourth-order valence-electron chi connectivity index (χ4n) is 1.27. The zero-order chi connectivity index (χ0) is 12.7. The molecule has 1 aromatic rings. The summed E-state index contributed by atoms with van der Waals surface area (Å²) in [5.41, 5.74) is 0.891. The summed E-state index contributed by atoms with van der Waals surface area (Å²) < 4.78 is 0. The lowest BCUT2D eigenvalue weighted by atomic mass is 10.2. The maximum Gasteiger partial charge on any atom is 0.297 e. The molecule has 0 bridgehead atoms. The minimum atomic E-state index is -0.546. The minimum Gasteiger partial charge on any atom is -0.316 e. The molecule has 3 heteroatoms. The van der Waals surface area contributed by atoms with Crippen LogP contribution in [0.1, 0.15) is 12.5 Å². The van der Waals surface area contributed by atoms with Crippen LogP contribution in [0, 0.1) is 0 Å². The van der Waals surface area contributed by atoms with Crippen molar-refractivity contribution in [1.82, 2.24) is 4.90 Å². The van der Waals surface area contributed by atoms with Crippen molar-refractivity contribution in [2.75, 3.05) is 7.05 Å². The number of hydrogen-bond donors (Lipinski definition) is 0. The highest BCUT2D eigenvalue weighted by Gasteiger charge is 2.13. The highest BCUT2D eigenvalue weighted by Crippen LogP contribution is 2.01. The van der Waals surface area contributed by atoms with Gasteiger partial charge in [-0.05, 0) is 18.6 Å². The van der Waals surface area contributed by atoms with E-state index in [4.69, 9.17) is 0 Å². The van der Waals surface area contributed by atoms with E-state index >= 15 is 0 Å². The van der Waals surface area contributed by atoms with E-state index in [1.165, 1.54) is 11.0 Å². The van der Waals surface area contributed by atoms with Gasteiger partial charge >= 0.3 is 0 Å². The van der Waals surface area contributed by atoms with Crippen molar-refractivity contribution in [2.45, 2.75) is 6.92 Å². The predicted molar refractivity (Wildman–Crippen MR) is 68.1 cm³/mol. The monoisotopic (exact) mass is 229 g/mol. The summed E-state index contributed by atoms with van der Waals surface area (Å²) >= 11 is 0. The fraction of sp³-hybridized carbons (Fsp3) is 0.143. The molecular weight excluding hydrogens is 214 g/mol. The topological polar surface area (TPSA) is 37.4 Å². The SMILES string of the molecule is CC=CN(C)C(=O)C(=O)/C=C/c1ccccc1. The normalized spacial score (nSPS) is 10.9. The maximum atomic E-state index is 11.5. The summed E-state index contributed by atoms with van der Waals surface area (Å²) in [5.74, 6) is -1.08. The molecule has 1 aromatic carbocycles. The Hall–Kier alpha value is -2.16. The van der Waals surface area contributed by atoms with Gasteiger partial charge in [-0.2, -0.15) is 0 Å². The standard InChI is InChI=1S/C14H15NO2/c1-3-11-15(2)14(17)13(16)10-9-12-7-5-4-6-8-12/h3-11H,1-2H3/b10-9+,11-3?. The Bertz CT molecular complexity index is 447. The lowest BCUT2D eigenvalue weighted by Crippen LogP contribution is -2.27. The third-order valence-corrected chi connectivity index (χ3v) is 2.13. The van der Waals surface area contributed by atoms with E-state index in [0.717, 1.165) is 5.56 Å². The van der Waals surface area contributed by atoms with E-state index in [-0.39, 0.29) is 0 Å². The second kappa shape index (κ2) is 6.43. The lowest BCUT2D eigenvalue weighted by molar-refractivity contribution is -0.139. The van der Waals surface area contributed by atoms with Crippen LogP contribution in [0.4, 0.5) is 0 Å². The Morgan fingerprint density at radius 1 is 1.18 bits per heavy atom. The molecule has 0 unspecified atom stereocenters. The first-order valence-electron chi connectivity index (χ1n) is 5.32. The molecule has 0 radical (unpaired) electrons. The number of likely N-dealkylation sites (N-methyl/N-ethyl adjacent to an activating group) is 1. The van der Waals surface area contributed by atoms with Crippen molar-refractivity contribution in [3.8, 4) is 0 Å². The van der Waals surface area contributed by atoms with Crippen LogP contribution >= 0.6 is 0 Å². The zero-order valence-corrected chi connectivity index (χ0v) is 9.96. The fourth-order valence-corrected chi connectivity index (χ4v) is 1.27. The van der Waals surface area contributed by atoms with Gasteiger partial charge < -0.3 is 4.90 Å². The molecule has 1 amide bonds. The van der Waals surface area contributed by atoms with Gasteiger partial charge in [-0.3, -0.25) is 9.59 Å². The summed E-state index contributed by atoms with van der Waals surface area (Å²) in [6.45, 7) is 1.79. The first kappa shape index (κ1) is 12.9. The number of allylic oxidation sites excluding steroid dienone is 1. The van der Waals surface area contributed by atoms with Crippen LogP contribution in [0.2, 0.25) is 0 Å². The molecule has 0 saturated heterocycles. The summed E-state index contributed by atoms with van der Waals surface area (Å²) in [5, 5.41) is 0. The summed E-state index contributed by atoms with van der Waals surface area (Å²) in [4.78, 5) is 24.3. The molecule has 0 atom stereocenters. The van der Waals surface area contributed by atoms with Crippen LogP contribution in [-0.2, 0) is 9.59 Å². The van der Waals surface area contributed by atoms with Crippen LogP contribution in [0.25, 0.3) is 6.08 Å². The third kappa shape index (κ3) is 4.07. The molecule has 0 spiro atoms. The maximum absolute atomic E-state index is 11.5. The van der Waals surface area contributed by atoms with Gasteiger partial charge in [0.05, 0.1) is 0 Å². The predicted octanol–water partition coefficient (Wildman–Crippen LogP) is 2.26. The Balaban J connectivity index is 2.67. The van der Waals surface area contributed by atoms with E-state index in [9.17, 15) is 9.59 Å². The highest BCUT2D eigenvalue weighted by molar-refractivity contribution is 6.41. The number of nitrogens with zero attached hydrogens (tertiary/aromatic N) is 1. The molecule has 88 valence electrons. The molecule has 0 heterocycles. The van der Waals surface area contributed by atoms with Gasteiger partial charge in [0.25, 0.3) is 5.91 Å². The first-order valence-corrected chi connectivity index (χ1v) is 5.32. The number of ketones is 1. The summed E-state index contributed by atoms with van der Waals surface area (Å²) in [6, 6.07) is 9.37. The van der Waals surface area contributed by atoms with Gasteiger partial charge in [0.2, 0.25) is 5.78 Å². The summed E-state index contributed by atoms with van der Waals surface area (Å²) in [6.07, 6.45) is 6.17. The number of hydrogen-bond acceptors (Lipinski definition) is 2. The quantitative estimate of drug-likeness (QED) is 0.586. The average Bonchev–Trinajstić information content (AvgIpc) is 2.36. The van der Waals surface area contributed by atoms with Gasteiger partial charge in [0.1, 0.15) is 0 Å². The van der Waals surface area contributed by atoms with E-state index in [1.807, 2.05) is 30.3 Å². The largest absolute Gasteiger partial charge is 0.316 e. The van der Waals surface area contributed by atoms with Gasteiger partial charge in [-0.1, -0.05) is 42.5 Å². The average molecular weight is 229 g/mol. The smallest absolute Gasteiger partial charge is 0.297 e. The number of rotatable bonds is 4. The Kier molecular flexibility index (Phi) is 4.88. The van der Waals surface area contributed by atoms with Crippen molar-refractivity contribution in [2.24, 2.45) is 0 Å².